The van der Waals surface area contributed by atoms with Crippen LogP contribution in [0.3, 0.4) is 0 Å². The number of thiazole rings is 1. The third-order valence-corrected chi connectivity index (χ3v) is 4.17. The van der Waals surface area contributed by atoms with Crippen LogP contribution in [0.4, 0.5) is 5.69 Å². The topological polar surface area (TPSA) is 96.6 Å². The minimum Gasteiger partial charge on any atom is -0.389 e. The lowest BCUT2D eigenvalue weighted by atomic mass is 10.1. The second kappa shape index (κ2) is 7.06. The molecule has 0 aliphatic rings. The highest BCUT2D eigenvalue weighted by atomic mass is 32.1. The Bertz CT molecular complexity index is 752. The van der Waals surface area contributed by atoms with Gasteiger partial charge in [0.1, 0.15) is 10.7 Å². The molecular formula is C16H19N3O4S. The Morgan fingerprint density at radius 2 is 2.17 bits per heavy atom. The van der Waals surface area contributed by atoms with Gasteiger partial charge in [-0.05, 0) is 20.8 Å². The summed E-state index contributed by atoms with van der Waals surface area (Å²) in [5.41, 5.74) is -0.149. The van der Waals surface area contributed by atoms with E-state index in [1.165, 1.54) is 28.4 Å². The van der Waals surface area contributed by atoms with Crippen LogP contribution in [0.5, 0.6) is 0 Å². The van der Waals surface area contributed by atoms with Crippen molar-refractivity contribution in [1.82, 2.24) is 9.88 Å². The lowest BCUT2D eigenvalue weighted by molar-refractivity contribution is -0.384. The molecule has 1 aromatic carbocycles. The summed E-state index contributed by atoms with van der Waals surface area (Å²) >= 11 is 1.25. The van der Waals surface area contributed by atoms with Gasteiger partial charge >= 0.3 is 0 Å². The lowest BCUT2D eigenvalue weighted by Gasteiger charge is -2.27. The molecule has 2 rings (SSSR count). The molecule has 0 saturated heterocycles. The summed E-state index contributed by atoms with van der Waals surface area (Å²) in [4.78, 5) is 28.7. The van der Waals surface area contributed by atoms with Gasteiger partial charge in [-0.3, -0.25) is 14.9 Å². The minimum absolute atomic E-state index is 0.0206. The van der Waals surface area contributed by atoms with Gasteiger partial charge < -0.3 is 10.0 Å². The van der Waals surface area contributed by atoms with Gasteiger partial charge in [0.15, 0.2) is 0 Å². The maximum Gasteiger partial charge on any atom is 0.273 e. The zero-order chi connectivity index (χ0) is 17.9. The van der Waals surface area contributed by atoms with Gasteiger partial charge in [0.05, 0.1) is 10.5 Å². The van der Waals surface area contributed by atoms with E-state index >= 15 is 0 Å². The van der Waals surface area contributed by atoms with Gasteiger partial charge in [0, 0.05) is 36.2 Å². The number of aliphatic hydroxyl groups is 1. The minimum atomic E-state index is -0.995. The largest absolute Gasteiger partial charge is 0.389 e. The molecule has 1 N–H and O–H groups in total. The highest BCUT2D eigenvalue weighted by Gasteiger charge is 2.24. The molecular weight excluding hydrogens is 330 g/mol. The van der Waals surface area contributed by atoms with E-state index < -0.39 is 10.5 Å². The van der Waals surface area contributed by atoms with Gasteiger partial charge in [-0.25, -0.2) is 4.98 Å². The Balaban J connectivity index is 2.25. The van der Waals surface area contributed by atoms with E-state index in [1.807, 2.05) is 6.92 Å². The summed E-state index contributed by atoms with van der Waals surface area (Å²) in [6.45, 7) is 5.76. The number of carbonyl (C=O) groups excluding carboxylic acids is 1. The maximum atomic E-state index is 12.5. The molecule has 1 heterocycles. The van der Waals surface area contributed by atoms with E-state index in [2.05, 4.69) is 4.98 Å². The highest BCUT2D eigenvalue weighted by molar-refractivity contribution is 7.13. The molecule has 1 amide bonds. The van der Waals surface area contributed by atoms with Crippen molar-refractivity contribution in [3.8, 4) is 10.6 Å². The van der Waals surface area contributed by atoms with Crippen LogP contribution in [-0.2, 0) is 0 Å². The van der Waals surface area contributed by atoms with Crippen molar-refractivity contribution in [3.63, 3.8) is 0 Å². The number of carbonyl (C=O) groups is 1. The average molecular weight is 349 g/mol. The van der Waals surface area contributed by atoms with Crippen LogP contribution >= 0.6 is 11.3 Å². The van der Waals surface area contributed by atoms with Crippen LogP contribution in [0.1, 0.15) is 31.3 Å². The maximum absolute atomic E-state index is 12.5. The van der Waals surface area contributed by atoms with E-state index in [9.17, 15) is 20.0 Å². The summed E-state index contributed by atoms with van der Waals surface area (Å²) in [7, 11) is 0. The molecule has 0 fully saturated rings. The number of nitro groups is 1. The smallest absolute Gasteiger partial charge is 0.273 e. The SMILES string of the molecule is CCN(CC(C)(C)O)C(=O)c1csc(-c2cccc([N+](=O)[O-])c2)n1. The van der Waals surface area contributed by atoms with E-state index in [1.54, 1.807) is 31.4 Å². The van der Waals surface area contributed by atoms with Crippen molar-refractivity contribution in [2.24, 2.45) is 0 Å². The first kappa shape index (κ1) is 18.0. The Labute approximate surface area is 143 Å². The Kier molecular flexibility index (Phi) is 5.30. The van der Waals surface area contributed by atoms with Crippen molar-refractivity contribution in [3.05, 3.63) is 45.5 Å². The van der Waals surface area contributed by atoms with Gasteiger partial charge in [0.2, 0.25) is 0 Å². The molecule has 0 atom stereocenters. The van der Waals surface area contributed by atoms with Crippen LogP contribution < -0.4 is 0 Å². The Morgan fingerprint density at radius 1 is 1.46 bits per heavy atom. The van der Waals surface area contributed by atoms with Crippen LogP contribution in [-0.4, -0.2) is 44.5 Å². The second-order valence-corrected chi connectivity index (χ2v) is 6.84. The zero-order valence-electron chi connectivity index (χ0n) is 13.7. The van der Waals surface area contributed by atoms with Crippen molar-refractivity contribution in [1.29, 1.82) is 0 Å². The quantitative estimate of drug-likeness (QED) is 0.639. The molecule has 1 aromatic heterocycles. The van der Waals surface area contributed by atoms with Gasteiger partial charge in [-0.2, -0.15) is 0 Å². The molecule has 8 heteroatoms. The van der Waals surface area contributed by atoms with Crippen molar-refractivity contribution in [2.75, 3.05) is 13.1 Å². The number of likely N-dealkylation sites (N-methyl/N-ethyl adjacent to an activating group) is 1. The summed E-state index contributed by atoms with van der Waals surface area (Å²) < 4.78 is 0. The Morgan fingerprint density at radius 3 is 2.75 bits per heavy atom. The standard InChI is InChI=1S/C16H19N3O4S/c1-4-18(10-16(2,3)21)15(20)13-9-24-14(17-13)11-6-5-7-12(8-11)19(22)23/h5-9,21H,4,10H2,1-3H3. The number of benzene rings is 1. The number of hydrogen-bond acceptors (Lipinski definition) is 6. The fraction of sp³-hybridized carbons (Fsp3) is 0.375. The number of aromatic nitrogens is 1. The van der Waals surface area contributed by atoms with E-state index in [-0.39, 0.29) is 23.8 Å². The highest BCUT2D eigenvalue weighted by Crippen LogP contribution is 2.27. The monoisotopic (exact) mass is 349 g/mol. The number of amides is 1. The molecule has 0 aliphatic heterocycles. The first-order valence-electron chi connectivity index (χ1n) is 7.43. The number of nitro benzene ring substituents is 1. The normalized spacial score (nSPS) is 11.3. The van der Waals surface area contributed by atoms with Gasteiger partial charge in [-0.1, -0.05) is 12.1 Å². The molecule has 128 valence electrons. The molecule has 2 aromatic rings. The molecule has 0 unspecified atom stereocenters. The van der Waals surface area contributed by atoms with Crippen molar-refractivity contribution in [2.45, 2.75) is 26.4 Å². The fourth-order valence-electron chi connectivity index (χ4n) is 2.21. The van der Waals surface area contributed by atoms with E-state index in [0.29, 0.717) is 17.1 Å². The third-order valence-electron chi connectivity index (χ3n) is 3.27. The molecule has 0 saturated carbocycles. The first-order valence-corrected chi connectivity index (χ1v) is 8.31. The summed E-state index contributed by atoms with van der Waals surface area (Å²) in [6, 6.07) is 6.14. The zero-order valence-corrected chi connectivity index (χ0v) is 14.5. The molecule has 0 bridgehead atoms. The number of nitrogens with zero attached hydrogens (tertiary/aromatic N) is 3. The van der Waals surface area contributed by atoms with Crippen LogP contribution in [0.15, 0.2) is 29.6 Å². The molecule has 0 spiro atoms. The Hall–Kier alpha value is -2.32. The number of non-ortho nitro benzene ring substituents is 1. The predicted molar refractivity (Wildman–Crippen MR) is 92.1 cm³/mol. The summed E-state index contributed by atoms with van der Waals surface area (Å²) in [6.07, 6.45) is 0. The van der Waals surface area contributed by atoms with Crippen LogP contribution in [0.2, 0.25) is 0 Å². The van der Waals surface area contributed by atoms with Gasteiger partial charge in [-0.15, -0.1) is 11.3 Å². The second-order valence-electron chi connectivity index (χ2n) is 5.98. The van der Waals surface area contributed by atoms with Crippen molar-refractivity contribution < 1.29 is 14.8 Å². The van der Waals surface area contributed by atoms with Crippen molar-refractivity contribution >= 4 is 22.9 Å². The van der Waals surface area contributed by atoms with E-state index in [0.717, 1.165) is 0 Å². The van der Waals surface area contributed by atoms with E-state index in [4.69, 9.17) is 0 Å². The first-order chi connectivity index (χ1) is 11.2. The predicted octanol–water partition coefficient (Wildman–Crippen LogP) is 2.95. The summed E-state index contributed by atoms with van der Waals surface area (Å²) in [5.74, 6) is -0.271. The molecule has 0 aliphatic carbocycles. The number of rotatable bonds is 6. The lowest BCUT2D eigenvalue weighted by Crippen LogP contribution is -2.42. The fourth-order valence-corrected chi connectivity index (χ4v) is 3.00. The molecule has 0 radical (unpaired) electrons. The molecule has 24 heavy (non-hydrogen) atoms. The average Bonchev–Trinajstić information content (AvgIpc) is 3.01. The molecule has 7 nitrogen and oxygen atoms in total. The number of hydrogen-bond donors (Lipinski definition) is 1. The summed E-state index contributed by atoms with van der Waals surface area (Å²) in [5, 5.41) is 22.9. The van der Waals surface area contributed by atoms with Gasteiger partial charge in [0.25, 0.3) is 11.6 Å². The third kappa shape index (κ3) is 4.36. The van der Waals surface area contributed by atoms with Crippen LogP contribution in [0.25, 0.3) is 10.6 Å². The van der Waals surface area contributed by atoms with Crippen LogP contribution in [0, 0.1) is 10.1 Å².